The molecule has 0 radical (unpaired) electrons. The Kier molecular flexibility index (Phi) is 7.71. The van der Waals surface area contributed by atoms with Crippen LogP contribution in [-0.4, -0.2) is 12.6 Å². The third kappa shape index (κ3) is 6.85. The fourth-order valence-electron chi connectivity index (χ4n) is 1.93. The number of rotatable bonds is 9. The van der Waals surface area contributed by atoms with Crippen molar-refractivity contribution in [2.45, 2.75) is 51.9 Å². The molecule has 3 nitrogen and oxygen atoms in total. The van der Waals surface area contributed by atoms with Crippen molar-refractivity contribution in [2.75, 3.05) is 12.3 Å². The molecule has 0 bridgehead atoms. The minimum atomic E-state index is -0.258. The van der Waals surface area contributed by atoms with Gasteiger partial charge in [0.15, 0.2) is 0 Å². The molecule has 0 heterocycles. The second-order valence-electron chi connectivity index (χ2n) is 4.88. The maximum atomic E-state index is 11.7. The molecule has 0 saturated carbocycles. The van der Waals surface area contributed by atoms with Gasteiger partial charge in [-0.05, 0) is 30.7 Å². The van der Waals surface area contributed by atoms with E-state index in [1.807, 2.05) is 0 Å². The van der Waals surface area contributed by atoms with Crippen LogP contribution < -0.4 is 5.73 Å². The first kappa shape index (κ1) is 15.5. The van der Waals surface area contributed by atoms with E-state index >= 15 is 0 Å². The van der Waals surface area contributed by atoms with Crippen LogP contribution in [0, 0.1) is 0 Å². The van der Waals surface area contributed by atoms with Gasteiger partial charge in [-0.25, -0.2) is 4.79 Å². The molecule has 0 aliphatic heterocycles. The summed E-state index contributed by atoms with van der Waals surface area (Å²) < 4.78 is 5.22. The molecule has 0 aliphatic rings. The summed E-state index contributed by atoms with van der Waals surface area (Å²) in [5, 5.41) is 0. The molecule has 0 atom stereocenters. The number of esters is 1. The summed E-state index contributed by atoms with van der Waals surface area (Å²) >= 11 is 0. The van der Waals surface area contributed by atoms with Gasteiger partial charge in [-0.1, -0.05) is 45.4 Å². The quantitative estimate of drug-likeness (QED) is 0.413. The van der Waals surface area contributed by atoms with E-state index in [2.05, 4.69) is 6.92 Å². The maximum absolute atomic E-state index is 11.7. The van der Waals surface area contributed by atoms with Crippen LogP contribution in [0.5, 0.6) is 0 Å². The van der Waals surface area contributed by atoms with Crippen LogP contribution in [0.1, 0.15) is 62.2 Å². The van der Waals surface area contributed by atoms with Gasteiger partial charge < -0.3 is 10.5 Å². The summed E-state index contributed by atoms with van der Waals surface area (Å²) in [5.74, 6) is -0.258. The Morgan fingerprint density at radius 1 is 1.00 bits per heavy atom. The normalized spacial score (nSPS) is 10.4. The zero-order chi connectivity index (χ0) is 13.9. The van der Waals surface area contributed by atoms with E-state index in [9.17, 15) is 4.79 Å². The van der Waals surface area contributed by atoms with Crippen molar-refractivity contribution in [1.29, 1.82) is 0 Å². The molecule has 1 aromatic rings. The number of hydrogen-bond donors (Lipinski definition) is 1. The molecule has 19 heavy (non-hydrogen) atoms. The van der Waals surface area contributed by atoms with Crippen LogP contribution in [0.15, 0.2) is 24.3 Å². The summed E-state index contributed by atoms with van der Waals surface area (Å²) in [6.07, 6.45) is 8.54. The highest BCUT2D eigenvalue weighted by Gasteiger charge is 2.05. The molecular weight excluding hydrogens is 238 g/mol. The fraction of sp³-hybridized carbons (Fsp3) is 0.562. The molecule has 3 heteroatoms. The lowest BCUT2D eigenvalue weighted by atomic mass is 10.1. The molecule has 1 rings (SSSR count). The van der Waals surface area contributed by atoms with Gasteiger partial charge in [-0.15, -0.1) is 0 Å². The summed E-state index contributed by atoms with van der Waals surface area (Å²) in [6, 6.07) is 6.82. The number of carbonyl (C=O) groups is 1. The molecule has 0 aliphatic carbocycles. The zero-order valence-corrected chi connectivity index (χ0v) is 11.9. The molecule has 0 aromatic heterocycles. The minimum Gasteiger partial charge on any atom is -0.462 e. The van der Waals surface area contributed by atoms with Gasteiger partial charge in [0.25, 0.3) is 0 Å². The van der Waals surface area contributed by atoms with Gasteiger partial charge in [-0.3, -0.25) is 0 Å². The lowest BCUT2D eigenvalue weighted by molar-refractivity contribution is 0.0497. The van der Waals surface area contributed by atoms with Crippen molar-refractivity contribution >= 4 is 11.7 Å². The second kappa shape index (κ2) is 9.42. The van der Waals surface area contributed by atoms with E-state index in [-0.39, 0.29) is 5.97 Å². The number of hydrogen-bond acceptors (Lipinski definition) is 3. The number of nitrogen functional groups attached to an aromatic ring is 1. The van der Waals surface area contributed by atoms with E-state index < -0.39 is 0 Å². The Hall–Kier alpha value is -1.51. The molecule has 2 N–H and O–H groups in total. The second-order valence-corrected chi connectivity index (χ2v) is 4.88. The highest BCUT2D eigenvalue weighted by atomic mass is 16.5. The lowest BCUT2D eigenvalue weighted by Crippen LogP contribution is -2.06. The summed E-state index contributed by atoms with van der Waals surface area (Å²) in [5.41, 5.74) is 6.79. The Balaban J connectivity index is 2.06. The van der Waals surface area contributed by atoms with Crippen molar-refractivity contribution in [1.82, 2.24) is 0 Å². The third-order valence-electron chi connectivity index (χ3n) is 3.13. The first-order valence-corrected chi connectivity index (χ1v) is 7.26. The Labute approximate surface area is 116 Å². The average molecular weight is 263 g/mol. The van der Waals surface area contributed by atoms with Crippen molar-refractivity contribution in [3.8, 4) is 0 Å². The molecule has 0 fully saturated rings. The largest absolute Gasteiger partial charge is 0.462 e. The van der Waals surface area contributed by atoms with Crippen molar-refractivity contribution in [3.63, 3.8) is 0 Å². The topological polar surface area (TPSA) is 52.3 Å². The van der Waals surface area contributed by atoms with E-state index in [1.165, 1.54) is 32.1 Å². The van der Waals surface area contributed by atoms with Crippen molar-refractivity contribution < 1.29 is 9.53 Å². The van der Waals surface area contributed by atoms with Gasteiger partial charge in [0.1, 0.15) is 0 Å². The molecule has 106 valence electrons. The molecule has 1 aromatic carbocycles. The first-order chi connectivity index (χ1) is 9.24. The Bertz CT molecular complexity index is 360. The van der Waals surface area contributed by atoms with Crippen LogP contribution in [0.2, 0.25) is 0 Å². The smallest absolute Gasteiger partial charge is 0.338 e. The summed E-state index contributed by atoms with van der Waals surface area (Å²) in [6.45, 7) is 2.73. The van der Waals surface area contributed by atoms with Crippen molar-refractivity contribution in [3.05, 3.63) is 29.8 Å². The van der Waals surface area contributed by atoms with Crippen LogP contribution in [0.25, 0.3) is 0 Å². The number of ether oxygens (including phenoxy) is 1. The predicted octanol–water partition coefficient (Wildman–Crippen LogP) is 4.18. The number of anilines is 1. The van der Waals surface area contributed by atoms with Gasteiger partial charge in [0, 0.05) is 5.69 Å². The van der Waals surface area contributed by atoms with Crippen LogP contribution >= 0.6 is 0 Å². The standard InChI is InChI=1S/C16H25NO2/c1-2-3-4-5-6-7-8-13-19-16(18)14-9-11-15(17)12-10-14/h9-12H,2-8,13,17H2,1H3. The molecule has 0 amide bonds. The van der Waals surface area contributed by atoms with Crippen LogP contribution in [-0.2, 0) is 4.74 Å². The van der Waals surface area contributed by atoms with Crippen LogP contribution in [0.3, 0.4) is 0 Å². The van der Waals surface area contributed by atoms with E-state index in [1.54, 1.807) is 24.3 Å². The summed E-state index contributed by atoms with van der Waals surface area (Å²) in [4.78, 5) is 11.7. The van der Waals surface area contributed by atoms with Gasteiger partial charge in [-0.2, -0.15) is 0 Å². The molecule has 0 spiro atoms. The first-order valence-electron chi connectivity index (χ1n) is 7.26. The number of unbranched alkanes of at least 4 members (excludes halogenated alkanes) is 6. The van der Waals surface area contributed by atoms with E-state index in [0.29, 0.717) is 17.9 Å². The third-order valence-corrected chi connectivity index (χ3v) is 3.13. The van der Waals surface area contributed by atoms with Gasteiger partial charge in [0.05, 0.1) is 12.2 Å². The van der Waals surface area contributed by atoms with Gasteiger partial charge >= 0.3 is 5.97 Å². The fourth-order valence-corrected chi connectivity index (χ4v) is 1.93. The van der Waals surface area contributed by atoms with E-state index in [4.69, 9.17) is 10.5 Å². The SMILES string of the molecule is CCCCCCCCCOC(=O)c1ccc(N)cc1. The zero-order valence-electron chi connectivity index (χ0n) is 11.9. The van der Waals surface area contributed by atoms with Crippen LogP contribution in [0.4, 0.5) is 5.69 Å². The number of carbonyl (C=O) groups excluding carboxylic acids is 1. The predicted molar refractivity (Wildman–Crippen MR) is 79.1 cm³/mol. The molecular formula is C16H25NO2. The number of benzene rings is 1. The Morgan fingerprint density at radius 2 is 1.58 bits per heavy atom. The Morgan fingerprint density at radius 3 is 2.21 bits per heavy atom. The maximum Gasteiger partial charge on any atom is 0.338 e. The lowest BCUT2D eigenvalue weighted by Gasteiger charge is -2.05. The molecule has 0 unspecified atom stereocenters. The number of nitrogens with two attached hydrogens (primary N) is 1. The van der Waals surface area contributed by atoms with Gasteiger partial charge in [0.2, 0.25) is 0 Å². The monoisotopic (exact) mass is 263 g/mol. The average Bonchev–Trinajstić information content (AvgIpc) is 2.42. The summed E-state index contributed by atoms with van der Waals surface area (Å²) in [7, 11) is 0. The van der Waals surface area contributed by atoms with Crippen molar-refractivity contribution in [2.24, 2.45) is 0 Å². The minimum absolute atomic E-state index is 0.258. The molecule has 0 saturated heterocycles. The highest BCUT2D eigenvalue weighted by Crippen LogP contribution is 2.09. The van der Waals surface area contributed by atoms with E-state index in [0.717, 1.165) is 12.8 Å². The highest BCUT2D eigenvalue weighted by molar-refractivity contribution is 5.89.